The van der Waals surface area contributed by atoms with E-state index in [1.54, 1.807) is 13.0 Å². The fourth-order valence-corrected chi connectivity index (χ4v) is 2.23. The van der Waals surface area contributed by atoms with Crippen molar-refractivity contribution in [3.63, 3.8) is 0 Å². The second-order valence-corrected chi connectivity index (χ2v) is 5.13. The van der Waals surface area contributed by atoms with Gasteiger partial charge in [0.1, 0.15) is 17.4 Å². The molecule has 0 amide bonds. The van der Waals surface area contributed by atoms with Crippen LogP contribution in [0.3, 0.4) is 0 Å². The Morgan fingerprint density at radius 2 is 1.80 bits per heavy atom. The Kier molecular flexibility index (Phi) is 4.13. The van der Waals surface area contributed by atoms with Gasteiger partial charge in [0.15, 0.2) is 0 Å². The quantitative estimate of drug-likeness (QED) is 0.814. The molecular weight excluding hydrogens is 330 g/mol. The van der Waals surface area contributed by atoms with Crippen molar-refractivity contribution >= 4 is 33.0 Å². The molecule has 20 heavy (non-hydrogen) atoms. The molecule has 0 aliphatic heterocycles. The Balaban J connectivity index is 2.42. The minimum Gasteiger partial charge on any atom is -0.495 e. The molecule has 0 heterocycles. The van der Waals surface area contributed by atoms with Crippen molar-refractivity contribution in [1.29, 1.82) is 0 Å². The Labute approximate surface area is 123 Å². The van der Waals surface area contributed by atoms with Crippen molar-refractivity contribution in [2.75, 3.05) is 18.2 Å². The second kappa shape index (κ2) is 5.66. The van der Waals surface area contributed by atoms with Crippen LogP contribution >= 0.6 is 15.9 Å². The molecule has 3 N–H and O–H groups in total. The van der Waals surface area contributed by atoms with Gasteiger partial charge in [-0.15, -0.1) is 0 Å². The van der Waals surface area contributed by atoms with E-state index in [0.717, 1.165) is 11.6 Å². The van der Waals surface area contributed by atoms with Gasteiger partial charge >= 0.3 is 0 Å². The first-order valence-corrected chi connectivity index (χ1v) is 6.57. The van der Waals surface area contributed by atoms with Crippen LogP contribution in [-0.2, 0) is 0 Å². The molecule has 2 rings (SSSR count). The molecule has 0 fully saturated rings. The van der Waals surface area contributed by atoms with Crippen molar-refractivity contribution in [2.24, 2.45) is 0 Å². The van der Waals surface area contributed by atoms with Crippen LogP contribution in [0.25, 0.3) is 0 Å². The SMILES string of the molecule is COc1cc(Nc2cc(F)c(Br)cc2C)c(F)cc1N. The summed E-state index contributed by atoms with van der Waals surface area (Å²) in [5.41, 5.74) is 7.22. The molecular formula is C14H13BrF2N2O. The molecule has 0 aromatic heterocycles. The molecule has 2 aromatic carbocycles. The molecule has 0 saturated heterocycles. The average molecular weight is 343 g/mol. The number of rotatable bonds is 3. The van der Waals surface area contributed by atoms with E-state index in [2.05, 4.69) is 21.2 Å². The summed E-state index contributed by atoms with van der Waals surface area (Å²) in [6.07, 6.45) is 0. The first kappa shape index (κ1) is 14.6. The molecule has 6 heteroatoms. The van der Waals surface area contributed by atoms with Gasteiger partial charge in [-0.25, -0.2) is 8.78 Å². The normalized spacial score (nSPS) is 10.4. The lowest BCUT2D eigenvalue weighted by atomic mass is 10.1. The molecule has 0 atom stereocenters. The first-order chi connectivity index (χ1) is 9.42. The zero-order chi connectivity index (χ0) is 14.9. The number of hydrogen-bond donors (Lipinski definition) is 2. The predicted molar refractivity (Wildman–Crippen MR) is 79.5 cm³/mol. The van der Waals surface area contributed by atoms with Crippen molar-refractivity contribution < 1.29 is 13.5 Å². The van der Waals surface area contributed by atoms with Crippen LogP contribution in [0.1, 0.15) is 5.56 Å². The highest BCUT2D eigenvalue weighted by atomic mass is 79.9. The number of aryl methyl sites for hydroxylation is 1. The highest BCUT2D eigenvalue weighted by molar-refractivity contribution is 9.10. The molecule has 0 saturated carbocycles. The Hall–Kier alpha value is -1.82. The van der Waals surface area contributed by atoms with Gasteiger partial charge < -0.3 is 15.8 Å². The number of nitrogens with two attached hydrogens (primary N) is 1. The third-order valence-corrected chi connectivity index (χ3v) is 3.46. The first-order valence-electron chi connectivity index (χ1n) is 5.78. The minimum absolute atomic E-state index is 0.167. The van der Waals surface area contributed by atoms with Gasteiger partial charge in [-0.3, -0.25) is 0 Å². The maximum absolute atomic E-state index is 13.9. The summed E-state index contributed by atoms with van der Waals surface area (Å²) in [5.74, 6) is -0.615. The fourth-order valence-electron chi connectivity index (χ4n) is 1.77. The van der Waals surface area contributed by atoms with E-state index in [1.807, 2.05) is 0 Å². The van der Waals surface area contributed by atoms with E-state index in [9.17, 15) is 8.78 Å². The van der Waals surface area contributed by atoms with E-state index < -0.39 is 11.6 Å². The average Bonchev–Trinajstić information content (AvgIpc) is 2.38. The molecule has 0 aliphatic rings. The number of hydrogen-bond acceptors (Lipinski definition) is 3. The topological polar surface area (TPSA) is 47.3 Å². The maximum Gasteiger partial charge on any atom is 0.148 e. The molecule has 3 nitrogen and oxygen atoms in total. The van der Waals surface area contributed by atoms with Crippen LogP contribution in [0.4, 0.5) is 25.8 Å². The van der Waals surface area contributed by atoms with Crippen LogP contribution in [0, 0.1) is 18.6 Å². The lowest BCUT2D eigenvalue weighted by Gasteiger charge is -2.13. The third-order valence-electron chi connectivity index (χ3n) is 2.86. The zero-order valence-electron chi connectivity index (χ0n) is 10.9. The van der Waals surface area contributed by atoms with Gasteiger partial charge in [0.25, 0.3) is 0 Å². The molecule has 0 aliphatic carbocycles. The summed E-state index contributed by atoms with van der Waals surface area (Å²) in [7, 11) is 1.44. The largest absolute Gasteiger partial charge is 0.495 e. The van der Waals surface area contributed by atoms with Crippen molar-refractivity contribution in [2.45, 2.75) is 6.92 Å². The standard InChI is InChI=1S/C14H13BrF2N2O/c1-7-3-8(15)9(16)5-12(7)19-13-6-14(20-2)11(18)4-10(13)17/h3-6,19H,18H2,1-2H3. The minimum atomic E-state index is -0.536. The number of methoxy groups -OCH3 is 1. The molecule has 0 bridgehead atoms. The molecule has 2 aromatic rings. The summed E-state index contributed by atoms with van der Waals surface area (Å²) >= 11 is 3.10. The van der Waals surface area contributed by atoms with Gasteiger partial charge in [0, 0.05) is 17.8 Å². The summed E-state index contributed by atoms with van der Waals surface area (Å²) in [4.78, 5) is 0. The monoisotopic (exact) mass is 342 g/mol. The number of nitrogens with one attached hydrogen (secondary N) is 1. The number of benzene rings is 2. The Morgan fingerprint density at radius 3 is 2.45 bits per heavy atom. The molecule has 0 unspecified atom stereocenters. The van der Waals surface area contributed by atoms with E-state index in [1.165, 1.54) is 19.2 Å². The van der Waals surface area contributed by atoms with E-state index in [4.69, 9.17) is 10.5 Å². The lowest BCUT2D eigenvalue weighted by molar-refractivity contribution is 0.416. The number of nitrogen functional groups attached to an aromatic ring is 1. The van der Waals surface area contributed by atoms with Crippen LogP contribution < -0.4 is 15.8 Å². The van der Waals surface area contributed by atoms with Crippen LogP contribution in [0.2, 0.25) is 0 Å². The van der Waals surface area contributed by atoms with Gasteiger partial charge in [-0.2, -0.15) is 0 Å². The highest BCUT2D eigenvalue weighted by Gasteiger charge is 2.11. The van der Waals surface area contributed by atoms with Gasteiger partial charge in [0.05, 0.1) is 23.0 Å². The highest BCUT2D eigenvalue weighted by Crippen LogP contribution is 2.32. The number of halogens is 3. The van der Waals surface area contributed by atoms with Gasteiger partial charge in [-0.1, -0.05) is 0 Å². The van der Waals surface area contributed by atoms with E-state index in [0.29, 0.717) is 15.9 Å². The van der Waals surface area contributed by atoms with Gasteiger partial charge in [-0.05, 0) is 40.5 Å². The molecule has 0 radical (unpaired) electrons. The zero-order valence-corrected chi connectivity index (χ0v) is 12.5. The molecule has 0 spiro atoms. The van der Waals surface area contributed by atoms with Crippen LogP contribution in [0.15, 0.2) is 28.7 Å². The van der Waals surface area contributed by atoms with E-state index >= 15 is 0 Å². The van der Waals surface area contributed by atoms with Crippen molar-refractivity contribution in [1.82, 2.24) is 0 Å². The van der Waals surface area contributed by atoms with Gasteiger partial charge in [0.2, 0.25) is 0 Å². The van der Waals surface area contributed by atoms with Crippen molar-refractivity contribution in [3.8, 4) is 5.75 Å². The Morgan fingerprint density at radius 1 is 1.10 bits per heavy atom. The maximum atomic E-state index is 13.9. The summed E-state index contributed by atoms with van der Waals surface area (Å²) in [5, 5.41) is 2.84. The number of anilines is 3. The molecule has 106 valence electrons. The van der Waals surface area contributed by atoms with Crippen LogP contribution in [0.5, 0.6) is 5.75 Å². The van der Waals surface area contributed by atoms with Crippen molar-refractivity contribution in [3.05, 3.63) is 45.9 Å². The summed E-state index contributed by atoms with van der Waals surface area (Å²) < 4.78 is 32.8. The predicted octanol–water partition coefficient (Wildman–Crippen LogP) is 4.37. The summed E-state index contributed by atoms with van der Waals surface area (Å²) in [6.45, 7) is 1.79. The fraction of sp³-hybridized carbons (Fsp3) is 0.143. The van der Waals surface area contributed by atoms with Crippen LogP contribution in [-0.4, -0.2) is 7.11 Å². The third kappa shape index (κ3) is 2.85. The smallest absolute Gasteiger partial charge is 0.148 e. The number of ether oxygens (including phenoxy) is 1. The second-order valence-electron chi connectivity index (χ2n) is 4.28. The Bertz CT molecular complexity index is 662. The summed E-state index contributed by atoms with van der Waals surface area (Å²) in [6, 6.07) is 5.50. The lowest BCUT2D eigenvalue weighted by Crippen LogP contribution is -2.00. The van der Waals surface area contributed by atoms with E-state index in [-0.39, 0.29) is 11.4 Å².